The van der Waals surface area contributed by atoms with Gasteiger partial charge in [0.25, 0.3) is 0 Å². The number of halogens is 2. The van der Waals surface area contributed by atoms with E-state index >= 15 is 0 Å². The lowest BCUT2D eigenvalue weighted by Crippen LogP contribution is -2.36. The quantitative estimate of drug-likeness (QED) is 0.917. The molecule has 1 fully saturated rings. The predicted molar refractivity (Wildman–Crippen MR) is 84.5 cm³/mol. The van der Waals surface area contributed by atoms with E-state index < -0.39 is 0 Å². The van der Waals surface area contributed by atoms with E-state index in [1.54, 1.807) is 18.2 Å². The van der Waals surface area contributed by atoms with Crippen LogP contribution in [0.25, 0.3) is 0 Å². The summed E-state index contributed by atoms with van der Waals surface area (Å²) in [6.45, 7) is 4.13. The molecule has 2 rings (SSSR count). The number of benzene rings is 1. The van der Waals surface area contributed by atoms with Crippen LogP contribution in [0.15, 0.2) is 18.2 Å². The van der Waals surface area contributed by atoms with Crippen molar-refractivity contribution in [3.8, 4) is 0 Å². The van der Waals surface area contributed by atoms with Crippen molar-refractivity contribution in [3.63, 3.8) is 0 Å². The Bertz CT molecular complexity index is 485. The Balaban J connectivity index is 1.95. The second-order valence-corrected chi connectivity index (χ2v) is 6.36. The molecule has 1 aliphatic rings. The van der Waals surface area contributed by atoms with Crippen molar-refractivity contribution in [2.24, 2.45) is 11.8 Å². The lowest BCUT2D eigenvalue weighted by molar-refractivity contribution is -0.121. The molecule has 1 aromatic rings. The van der Waals surface area contributed by atoms with Gasteiger partial charge in [0.05, 0.1) is 10.0 Å². The number of rotatable bonds is 3. The summed E-state index contributed by atoms with van der Waals surface area (Å²) < 4.78 is 0. The lowest BCUT2D eigenvalue weighted by atomic mass is 9.85. The Hall–Kier alpha value is -0.770. The average Bonchev–Trinajstić information content (AvgIpc) is 2.43. The van der Waals surface area contributed by atoms with Gasteiger partial charge in [-0.3, -0.25) is 4.79 Å². The Kier molecular flexibility index (Phi) is 5.30. The Morgan fingerprint density at radius 3 is 2.55 bits per heavy atom. The number of hydrogen-bond donors (Lipinski definition) is 1. The van der Waals surface area contributed by atoms with Crippen LogP contribution in [0.1, 0.15) is 19.8 Å². The molecule has 1 aromatic carbocycles. The summed E-state index contributed by atoms with van der Waals surface area (Å²) in [5.74, 6) is 0.519. The third-order valence-electron chi connectivity index (χ3n) is 4.07. The summed E-state index contributed by atoms with van der Waals surface area (Å²) in [5.41, 5.74) is 0.698. The van der Waals surface area contributed by atoms with E-state index in [0.29, 0.717) is 21.7 Å². The number of likely N-dealkylation sites (tertiary alicyclic amines) is 1. The molecule has 1 amide bonds. The zero-order chi connectivity index (χ0) is 14.7. The van der Waals surface area contributed by atoms with Gasteiger partial charge in [-0.15, -0.1) is 0 Å². The minimum atomic E-state index is 0.0122. The fraction of sp³-hybridized carbons (Fsp3) is 0.533. The number of carbonyl (C=O) groups excluding carboxylic acids is 1. The van der Waals surface area contributed by atoms with E-state index in [2.05, 4.69) is 17.3 Å². The highest BCUT2D eigenvalue weighted by atomic mass is 35.5. The summed E-state index contributed by atoms with van der Waals surface area (Å²) in [5, 5.41) is 3.87. The summed E-state index contributed by atoms with van der Waals surface area (Å²) in [4.78, 5) is 14.6. The van der Waals surface area contributed by atoms with Crippen LogP contribution in [-0.2, 0) is 4.79 Å². The second-order valence-electron chi connectivity index (χ2n) is 5.55. The third kappa shape index (κ3) is 3.87. The molecule has 1 N–H and O–H groups in total. The highest BCUT2D eigenvalue weighted by Gasteiger charge is 2.27. The largest absolute Gasteiger partial charge is 0.326 e. The van der Waals surface area contributed by atoms with Gasteiger partial charge < -0.3 is 10.2 Å². The third-order valence-corrected chi connectivity index (χ3v) is 4.81. The van der Waals surface area contributed by atoms with E-state index in [1.807, 2.05) is 6.92 Å². The van der Waals surface area contributed by atoms with Crippen molar-refractivity contribution in [1.29, 1.82) is 0 Å². The molecule has 1 saturated heterocycles. The summed E-state index contributed by atoms with van der Waals surface area (Å²) >= 11 is 11.8. The van der Waals surface area contributed by atoms with Crippen LogP contribution in [0.2, 0.25) is 10.0 Å². The number of amides is 1. The van der Waals surface area contributed by atoms with Crippen LogP contribution in [0.3, 0.4) is 0 Å². The number of piperidine rings is 1. The predicted octanol–water partition coefficient (Wildman–Crippen LogP) is 3.91. The van der Waals surface area contributed by atoms with Crippen molar-refractivity contribution in [1.82, 2.24) is 4.90 Å². The number of nitrogens with one attached hydrogen (secondary N) is 1. The minimum absolute atomic E-state index is 0.0122. The first-order valence-corrected chi connectivity index (χ1v) is 7.67. The Morgan fingerprint density at radius 1 is 1.30 bits per heavy atom. The molecule has 1 atom stereocenters. The van der Waals surface area contributed by atoms with Crippen LogP contribution < -0.4 is 5.32 Å². The van der Waals surface area contributed by atoms with Crippen LogP contribution in [0, 0.1) is 11.8 Å². The molecule has 20 heavy (non-hydrogen) atoms. The van der Waals surface area contributed by atoms with Gasteiger partial charge in [-0.2, -0.15) is 0 Å². The van der Waals surface area contributed by atoms with Crippen molar-refractivity contribution in [2.75, 3.05) is 25.5 Å². The Labute approximate surface area is 130 Å². The van der Waals surface area contributed by atoms with Gasteiger partial charge >= 0.3 is 0 Å². The van der Waals surface area contributed by atoms with Gasteiger partial charge in [0.15, 0.2) is 0 Å². The molecule has 5 heteroatoms. The molecule has 0 radical (unpaired) electrons. The number of anilines is 1. The van der Waals surface area contributed by atoms with Gasteiger partial charge in [-0.25, -0.2) is 0 Å². The molecule has 0 saturated carbocycles. The normalized spacial score (nSPS) is 18.8. The van der Waals surface area contributed by atoms with Crippen molar-refractivity contribution in [2.45, 2.75) is 19.8 Å². The van der Waals surface area contributed by atoms with Gasteiger partial charge in [0, 0.05) is 11.6 Å². The maximum atomic E-state index is 12.3. The van der Waals surface area contributed by atoms with Crippen molar-refractivity contribution < 1.29 is 4.79 Å². The molecule has 0 aliphatic carbocycles. The molecule has 1 unspecified atom stereocenters. The standard InChI is InChI=1S/C15H20Cl2N2O/c1-10(11-5-7-19(2)8-6-11)15(20)18-12-3-4-13(16)14(17)9-12/h3-4,9-11H,5-8H2,1-2H3,(H,18,20). The molecule has 110 valence electrons. The van der Waals surface area contributed by atoms with Crippen LogP contribution in [-0.4, -0.2) is 30.9 Å². The lowest BCUT2D eigenvalue weighted by Gasteiger charge is -2.32. The van der Waals surface area contributed by atoms with E-state index in [9.17, 15) is 4.79 Å². The molecule has 1 aliphatic heterocycles. The molecule has 1 heterocycles. The van der Waals surface area contributed by atoms with Gasteiger partial charge in [-0.1, -0.05) is 30.1 Å². The number of carbonyl (C=O) groups is 1. The fourth-order valence-electron chi connectivity index (χ4n) is 2.57. The fourth-order valence-corrected chi connectivity index (χ4v) is 2.87. The molecular weight excluding hydrogens is 295 g/mol. The first kappa shape index (κ1) is 15.6. The van der Waals surface area contributed by atoms with Crippen molar-refractivity contribution >= 4 is 34.8 Å². The number of nitrogens with zero attached hydrogens (tertiary/aromatic N) is 1. The highest BCUT2D eigenvalue weighted by Crippen LogP contribution is 2.28. The summed E-state index contributed by atoms with van der Waals surface area (Å²) in [6, 6.07) is 5.15. The molecule has 0 spiro atoms. The molecular formula is C15H20Cl2N2O. The molecule has 3 nitrogen and oxygen atoms in total. The maximum absolute atomic E-state index is 12.3. The highest BCUT2D eigenvalue weighted by molar-refractivity contribution is 6.42. The summed E-state index contributed by atoms with van der Waals surface area (Å²) in [7, 11) is 2.12. The van der Waals surface area contributed by atoms with Crippen LogP contribution in [0.5, 0.6) is 0 Å². The number of hydrogen-bond acceptors (Lipinski definition) is 2. The zero-order valence-electron chi connectivity index (χ0n) is 11.8. The zero-order valence-corrected chi connectivity index (χ0v) is 13.3. The average molecular weight is 315 g/mol. The first-order chi connectivity index (χ1) is 9.47. The molecule has 0 bridgehead atoms. The van der Waals surface area contributed by atoms with E-state index in [0.717, 1.165) is 25.9 Å². The molecule has 0 aromatic heterocycles. The van der Waals surface area contributed by atoms with Gasteiger partial charge in [-0.05, 0) is 57.1 Å². The monoisotopic (exact) mass is 314 g/mol. The van der Waals surface area contributed by atoms with Crippen LogP contribution in [0.4, 0.5) is 5.69 Å². The maximum Gasteiger partial charge on any atom is 0.227 e. The second kappa shape index (κ2) is 6.79. The van der Waals surface area contributed by atoms with Gasteiger partial charge in [0.1, 0.15) is 0 Å². The summed E-state index contributed by atoms with van der Waals surface area (Å²) in [6.07, 6.45) is 2.15. The van der Waals surface area contributed by atoms with E-state index in [1.165, 1.54) is 0 Å². The van der Waals surface area contributed by atoms with Crippen molar-refractivity contribution in [3.05, 3.63) is 28.2 Å². The SMILES string of the molecule is CC(C(=O)Nc1ccc(Cl)c(Cl)c1)C1CCN(C)CC1. The van der Waals surface area contributed by atoms with E-state index in [-0.39, 0.29) is 11.8 Å². The first-order valence-electron chi connectivity index (χ1n) is 6.92. The topological polar surface area (TPSA) is 32.3 Å². The minimum Gasteiger partial charge on any atom is -0.326 e. The van der Waals surface area contributed by atoms with Crippen LogP contribution >= 0.6 is 23.2 Å². The van der Waals surface area contributed by atoms with Gasteiger partial charge in [0.2, 0.25) is 5.91 Å². The Morgan fingerprint density at radius 2 is 1.95 bits per heavy atom. The smallest absolute Gasteiger partial charge is 0.227 e. The van der Waals surface area contributed by atoms with E-state index in [4.69, 9.17) is 23.2 Å².